The third-order valence-electron chi connectivity index (χ3n) is 5.03. The highest BCUT2D eigenvalue weighted by molar-refractivity contribution is 5.87. The van der Waals surface area contributed by atoms with E-state index in [-0.39, 0.29) is 18.4 Å². The molecule has 0 bridgehead atoms. The van der Waals surface area contributed by atoms with E-state index >= 15 is 0 Å². The van der Waals surface area contributed by atoms with Gasteiger partial charge in [0.1, 0.15) is 6.10 Å². The second kappa shape index (κ2) is 7.83. The number of hydrogen-bond donors (Lipinski definition) is 1. The Balaban J connectivity index is 1.60. The molecular weight excluding hydrogens is 316 g/mol. The average molecular weight is 342 g/mol. The number of aliphatic hydroxyl groups excluding tert-OH is 1. The molecule has 1 aromatic rings. The molecule has 2 aliphatic rings. The molecule has 5 heteroatoms. The van der Waals surface area contributed by atoms with Gasteiger partial charge in [-0.15, -0.1) is 0 Å². The molecule has 25 heavy (non-hydrogen) atoms. The van der Waals surface area contributed by atoms with Crippen LogP contribution in [0, 0.1) is 6.92 Å². The van der Waals surface area contributed by atoms with Crippen LogP contribution in [0.25, 0.3) is 5.57 Å². The van der Waals surface area contributed by atoms with Crippen LogP contribution >= 0.6 is 0 Å². The summed E-state index contributed by atoms with van der Waals surface area (Å²) in [6.45, 7) is 3.95. The quantitative estimate of drug-likeness (QED) is 0.914. The van der Waals surface area contributed by atoms with Crippen molar-refractivity contribution in [1.29, 1.82) is 0 Å². The van der Waals surface area contributed by atoms with E-state index in [0.29, 0.717) is 26.1 Å². The van der Waals surface area contributed by atoms with Gasteiger partial charge in [-0.05, 0) is 43.7 Å². The molecule has 1 N–H and O–H groups in total. The maximum Gasteiger partial charge on any atom is 0.251 e. The highest BCUT2D eigenvalue weighted by atomic mass is 16.3. The Labute approximate surface area is 148 Å². The lowest BCUT2D eigenvalue weighted by molar-refractivity contribution is -0.145. The molecule has 5 nitrogen and oxygen atoms in total. The molecule has 0 aromatic heterocycles. The average Bonchev–Trinajstić information content (AvgIpc) is 2.77. The number of hydrogen-bond acceptors (Lipinski definition) is 3. The molecule has 1 unspecified atom stereocenters. The van der Waals surface area contributed by atoms with Crippen molar-refractivity contribution in [1.82, 2.24) is 9.80 Å². The van der Waals surface area contributed by atoms with E-state index in [1.807, 2.05) is 0 Å². The number of aryl methyl sites for hydroxylation is 1. The van der Waals surface area contributed by atoms with Crippen LogP contribution in [0.1, 0.15) is 36.8 Å². The minimum atomic E-state index is -0.954. The van der Waals surface area contributed by atoms with E-state index in [2.05, 4.69) is 37.3 Å². The maximum atomic E-state index is 12.5. The van der Waals surface area contributed by atoms with E-state index in [1.165, 1.54) is 21.6 Å². The van der Waals surface area contributed by atoms with Crippen LogP contribution in [0.5, 0.6) is 0 Å². The number of carbonyl (C=O) groups is 2. The molecule has 2 amide bonds. The van der Waals surface area contributed by atoms with Crippen molar-refractivity contribution in [3.05, 3.63) is 41.5 Å². The number of amides is 2. The molecule has 3 rings (SSSR count). The standard InChI is InChI=1S/C20H26N2O3/c1-15-5-4-6-17(13-15)16-8-11-21(12-9-16)19(24)14-22-10-3-2-7-18(23)20(22)25/h4-6,8,13,18,23H,2-3,7,9-12,14H2,1H3. The van der Waals surface area contributed by atoms with Crippen LogP contribution < -0.4 is 0 Å². The Hall–Kier alpha value is -2.14. The highest BCUT2D eigenvalue weighted by Gasteiger charge is 2.28. The van der Waals surface area contributed by atoms with E-state index < -0.39 is 6.10 Å². The molecule has 1 saturated heterocycles. The van der Waals surface area contributed by atoms with Gasteiger partial charge in [0.05, 0.1) is 6.54 Å². The van der Waals surface area contributed by atoms with Crippen LogP contribution in [-0.4, -0.2) is 59.0 Å². The number of nitrogens with zero attached hydrogens (tertiary/aromatic N) is 2. The fourth-order valence-electron chi connectivity index (χ4n) is 3.51. The van der Waals surface area contributed by atoms with Crippen molar-refractivity contribution in [3.8, 4) is 0 Å². The monoisotopic (exact) mass is 342 g/mol. The third kappa shape index (κ3) is 4.28. The molecule has 0 aliphatic carbocycles. The topological polar surface area (TPSA) is 60.9 Å². The van der Waals surface area contributed by atoms with E-state index in [0.717, 1.165) is 19.3 Å². The van der Waals surface area contributed by atoms with Crippen LogP contribution in [0.2, 0.25) is 0 Å². The van der Waals surface area contributed by atoms with Gasteiger partial charge in [0.25, 0.3) is 5.91 Å². The van der Waals surface area contributed by atoms with Crippen LogP contribution in [0.3, 0.4) is 0 Å². The zero-order chi connectivity index (χ0) is 17.8. The fraction of sp³-hybridized carbons (Fsp3) is 0.500. The molecule has 1 atom stereocenters. The van der Waals surface area contributed by atoms with Crippen molar-refractivity contribution in [2.75, 3.05) is 26.2 Å². The Morgan fingerprint density at radius 2 is 2.12 bits per heavy atom. The zero-order valence-corrected chi connectivity index (χ0v) is 14.8. The molecule has 1 fully saturated rings. The van der Waals surface area contributed by atoms with Crippen molar-refractivity contribution >= 4 is 17.4 Å². The first-order valence-electron chi connectivity index (χ1n) is 9.05. The maximum absolute atomic E-state index is 12.5. The van der Waals surface area contributed by atoms with Gasteiger partial charge in [0, 0.05) is 19.6 Å². The molecular formula is C20H26N2O3. The van der Waals surface area contributed by atoms with Crippen molar-refractivity contribution < 1.29 is 14.7 Å². The summed E-state index contributed by atoms with van der Waals surface area (Å²) in [5, 5.41) is 9.81. The minimum absolute atomic E-state index is 0.0398. The summed E-state index contributed by atoms with van der Waals surface area (Å²) < 4.78 is 0. The van der Waals surface area contributed by atoms with Crippen molar-refractivity contribution in [2.24, 2.45) is 0 Å². The summed E-state index contributed by atoms with van der Waals surface area (Å²) >= 11 is 0. The smallest absolute Gasteiger partial charge is 0.251 e. The Kier molecular flexibility index (Phi) is 5.53. The lowest BCUT2D eigenvalue weighted by Gasteiger charge is -2.30. The Morgan fingerprint density at radius 1 is 1.28 bits per heavy atom. The molecule has 2 heterocycles. The molecule has 2 aliphatic heterocycles. The van der Waals surface area contributed by atoms with Gasteiger partial charge in [-0.2, -0.15) is 0 Å². The van der Waals surface area contributed by atoms with Crippen molar-refractivity contribution in [2.45, 2.75) is 38.7 Å². The lowest BCUT2D eigenvalue weighted by atomic mass is 9.98. The third-order valence-corrected chi connectivity index (χ3v) is 5.03. The van der Waals surface area contributed by atoms with E-state index in [1.54, 1.807) is 4.90 Å². The first-order valence-corrected chi connectivity index (χ1v) is 9.05. The minimum Gasteiger partial charge on any atom is -0.383 e. The van der Waals surface area contributed by atoms with Crippen LogP contribution in [0.15, 0.2) is 30.3 Å². The van der Waals surface area contributed by atoms with E-state index in [9.17, 15) is 14.7 Å². The van der Waals surface area contributed by atoms with Gasteiger partial charge >= 0.3 is 0 Å². The summed E-state index contributed by atoms with van der Waals surface area (Å²) in [6.07, 6.45) is 4.14. The van der Waals surface area contributed by atoms with Gasteiger partial charge < -0.3 is 14.9 Å². The Bertz CT molecular complexity index is 683. The summed E-state index contributed by atoms with van der Waals surface area (Å²) in [5.41, 5.74) is 3.72. The number of benzene rings is 1. The van der Waals surface area contributed by atoms with Gasteiger partial charge in [-0.25, -0.2) is 0 Å². The molecule has 0 saturated carbocycles. The molecule has 1 aromatic carbocycles. The number of carbonyl (C=O) groups excluding carboxylic acids is 2. The van der Waals surface area contributed by atoms with Crippen LogP contribution in [0.4, 0.5) is 0 Å². The van der Waals surface area contributed by atoms with Gasteiger partial charge in [-0.1, -0.05) is 35.9 Å². The molecule has 0 spiro atoms. The summed E-state index contributed by atoms with van der Waals surface area (Å²) in [7, 11) is 0. The van der Waals surface area contributed by atoms with Gasteiger partial charge in [0.15, 0.2) is 0 Å². The normalized spacial score (nSPS) is 21.8. The first kappa shape index (κ1) is 17.7. The number of likely N-dealkylation sites (tertiary alicyclic amines) is 1. The fourth-order valence-corrected chi connectivity index (χ4v) is 3.51. The predicted molar refractivity (Wildman–Crippen MR) is 96.8 cm³/mol. The largest absolute Gasteiger partial charge is 0.383 e. The zero-order valence-electron chi connectivity index (χ0n) is 14.8. The first-order chi connectivity index (χ1) is 12.0. The van der Waals surface area contributed by atoms with Gasteiger partial charge in [0.2, 0.25) is 5.91 Å². The predicted octanol–water partition coefficient (Wildman–Crippen LogP) is 1.98. The highest BCUT2D eigenvalue weighted by Crippen LogP contribution is 2.23. The van der Waals surface area contributed by atoms with Gasteiger partial charge in [-0.3, -0.25) is 9.59 Å². The lowest BCUT2D eigenvalue weighted by Crippen LogP contribution is -2.46. The van der Waals surface area contributed by atoms with Crippen molar-refractivity contribution in [3.63, 3.8) is 0 Å². The second-order valence-electron chi connectivity index (χ2n) is 6.96. The molecule has 0 radical (unpaired) electrons. The number of aliphatic hydroxyl groups is 1. The van der Waals surface area contributed by atoms with E-state index in [4.69, 9.17) is 0 Å². The second-order valence-corrected chi connectivity index (χ2v) is 6.96. The summed E-state index contributed by atoms with van der Waals surface area (Å²) in [5.74, 6) is -0.346. The number of rotatable bonds is 3. The summed E-state index contributed by atoms with van der Waals surface area (Å²) in [4.78, 5) is 28.0. The summed E-state index contributed by atoms with van der Waals surface area (Å²) in [6, 6.07) is 8.41. The SMILES string of the molecule is Cc1cccc(C2=CCN(C(=O)CN3CCCCC(O)C3=O)CC2)c1. The molecule has 134 valence electrons. The Morgan fingerprint density at radius 3 is 2.84 bits per heavy atom. The van der Waals surface area contributed by atoms with Crippen LogP contribution in [-0.2, 0) is 9.59 Å².